The van der Waals surface area contributed by atoms with E-state index in [0.717, 1.165) is 0 Å². The van der Waals surface area contributed by atoms with Crippen LogP contribution in [0.4, 0.5) is 10.1 Å². The van der Waals surface area contributed by atoms with E-state index in [1.807, 2.05) is 0 Å². The lowest BCUT2D eigenvalue weighted by Crippen LogP contribution is -2.02. The summed E-state index contributed by atoms with van der Waals surface area (Å²) in [4.78, 5) is 10.2. The molecule has 0 bridgehead atoms. The van der Waals surface area contributed by atoms with E-state index in [1.54, 1.807) is 0 Å². The van der Waals surface area contributed by atoms with E-state index in [0.29, 0.717) is 0 Å². The molecular formula is C10H12FNO5. The van der Waals surface area contributed by atoms with Crippen molar-refractivity contribution in [2.75, 3.05) is 27.5 Å². The van der Waals surface area contributed by atoms with Crippen LogP contribution < -0.4 is 14.2 Å². The third-order valence-corrected chi connectivity index (χ3v) is 1.98. The summed E-state index contributed by atoms with van der Waals surface area (Å²) in [5.74, 6) is 0.258. The van der Waals surface area contributed by atoms with Crippen molar-refractivity contribution in [2.24, 2.45) is 0 Å². The molecule has 94 valence electrons. The van der Waals surface area contributed by atoms with Crippen LogP contribution in [-0.2, 0) is 0 Å². The maximum absolute atomic E-state index is 12.0. The van der Waals surface area contributed by atoms with Gasteiger partial charge in [-0.2, -0.15) is 0 Å². The van der Waals surface area contributed by atoms with Gasteiger partial charge >= 0.3 is 5.69 Å². The number of benzene rings is 1. The molecule has 6 nitrogen and oxygen atoms in total. The van der Waals surface area contributed by atoms with Crippen molar-refractivity contribution >= 4 is 5.69 Å². The molecule has 1 aromatic carbocycles. The van der Waals surface area contributed by atoms with Crippen LogP contribution in [0.1, 0.15) is 0 Å². The lowest BCUT2D eigenvalue weighted by Gasteiger charge is -2.10. The van der Waals surface area contributed by atoms with Crippen molar-refractivity contribution in [3.05, 3.63) is 22.2 Å². The summed E-state index contributed by atoms with van der Waals surface area (Å²) in [6.07, 6.45) is 0. The monoisotopic (exact) mass is 245 g/mol. The van der Waals surface area contributed by atoms with E-state index >= 15 is 0 Å². The Kier molecular flexibility index (Phi) is 4.50. The average Bonchev–Trinajstić information content (AvgIpc) is 2.34. The van der Waals surface area contributed by atoms with Crippen molar-refractivity contribution < 1.29 is 23.5 Å². The van der Waals surface area contributed by atoms with E-state index in [2.05, 4.69) is 0 Å². The zero-order chi connectivity index (χ0) is 12.8. The largest absolute Gasteiger partial charge is 0.491 e. The van der Waals surface area contributed by atoms with Crippen molar-refractivity contribution in [1.29, 1.82) is 0 Å². The van der Waals surface area contributed by atoms with E-state index in [1.165, 1.54) is 26.4 Å². The first kappa shape index (κ1) is 13.0. The minimum atomic E-state index is -0.651. The predicted octanol–water partition coefficient (Wildman–Crippen LogP) is 1.96. The van der Waals surface area contributed by atoms with Gasteiger partial charge in [0, 0.05) is 12.1 Å². The maximum Gasteiger partial charge on any atom is 0.352 e. The normalized spacial score (nSPS) is 9.82. The molecule has 0 saturated carbocycles. The highest BCUT2D eigenvalue weighted by Crippen LogP contribution is 2.40. The Balaban J connectivity index is 3.19. The van der Waals surface area contributed by atoms with Crippen LogP contribution >= 0.6 is 0 Å². The molecule has 7 heteroatoms. The Bertz CT molecular complexity index is 385. The molecule has 0 heterocycles. The van der Waals surface area contributed by atoms with Crippen LogP contribution in [0.3, 0.4) is 0 Å². The second kappa shape index (κ2) is 5.88. The second-order valence-corrected chi connectivity index (χ2v) is 2.97. The number of alkyl halides is 1. The fourth-order valence-corrected chi connectivity index (χ4v) is 1.29. The van der Waals surface area contributed by atoms with Gasteiger partial charge in [0.25, 0.3) is 0 Å². The fourth-order valence-electron chi connectivity index (χ4n) is 1.29. The SMILES string of the molecule is COc1cc(OCCF)cc(OC)c1[N+](=O)[O-]. The Labute approximate surface area is 97.1 Å². The number of ether oxygens (including phenoxy) is 3. The zero-order valence-electron chi connectivity index (χ0n) is 9.44. The average molecular weight is 245 g/mol. The van der Waals surface area contributed by atoms with Gasteiger partial charge < -0.3 is 14.2 Å². The molecule has 0 saturated heterocycles. The van der Waals surface area contributed by atoms with Crippen molar-refractivity contribution in [3.8, 4) is 17.2 Å². The molecule has 17 heavy (non-hydrogen) atoms. The lowest BCUT2D eigenvalue weighted by molar-refractivity contribution is -0.386. The Morgan fingerprint density at radius 2 is 1.82 bits per heavy atom. The molecule has 0 aliphatic rings. The van der Waals surface area contributed by atoms with Crippen LogP contribution in [0.25, 0.3) is 0 Å². The predicted molar refractivity (Wildman–Crippen MR) is 57.7 cm³/mol. The highest BCUT2D eigenvalue weighted by molar-refractivity contribution is 5.61. The topological polar surface area (TPSA) is 70.8 Å². The number of rotatable bonds is 6. The summed E-state index contributed by atoms with van der Waals surface area (Å²) in [6, 6.07) is 2.63. The quantitative estimate of drug-likeness (QED) is 0.566. The van der Waals surface area contributed by atoms with Crippen LogP contribution in [0.2, 0.25) is 0 Å². The molecule has 0 N–H and O–H groups in total. The Hall–Kier alpha value is -2.05. The highest BCUT2D eigenvalue weighted by atomic mass is 19.1. The van der Waals surface area contributed by atoms with Gasteiger partial charge in [-0.15, -0.1) is 0 Å². The van der Waals surface area contributed by atoms with Gasteiger partial charge in [0.05, 0.1) is 19.1 Å². The van der Waals surface area contributed by atoms with Gasteiger partial charge in [0.1, 0.15) is 19.0 Å². The van der Waals surface area contributed by atoms with E-state index in [-0.39, 0.29) is 29.5 Å². The van der Waals surface area contributed by atoms with Crippen LogP contribution in [0.5, 0.6) is 17.2 Å². The van der Waals surface area contributed by atoms with E-state index in [9.17, 15) is 14.5 Å². The van der Waals surface area contributed by atoms with Crippen LogP contribution in [-0.4, -0.2) is 32.4 Å². The first-order chi connectivity index (χ1) is 8.13. The minimum Gasteiger partial charge on any atom is -0.491 e. The second-order valence-electron chi connectivity index (χ2n) is 2.97. The van der Waals surface area contributed by atoms with E-state index < -0.39 is 11.6 Å². The minimum absolute atomic E-state index is 0.00297. The number of nitro benzene ring substituents is 1. The number of nitrogens with zero attached hydrogens (tertiary/aromatic N) is 1. The highest BCUT2D eigenvalue weighted by Gasteiger charge is 2.23. The fraction of sp³-hybridized carbons (Fsp3) is 0.400. The number of hydrogen-bond donors (Lipinski definition) is 0. The van der Waals surface area contributed by atoms with Gasteiger partial charge in [0.2, 0.25) is 11.5 Å². The molecule has 0 amide bonds. The van der Waals surface area contributed by atoms with Gasteiger partial charge in [-0.3, -0.25) is 10.1 Å². The summed E-state index contributed by atoms with van der Waals surface area (Å²) in [7, 11) is 2.58. The standard InChI is InChI=1S/C10H12FNO5/c1-15-8-5-7(17-4-3-11)6-9(16-2)10(8)12(13)14/h5-6H,3-4H2,1-2H3. The van der Waals surface area contributed by atoms with Crippen molar-refractivity contribution in [3.63, 3.8) is 0 Å². The van der Waals surface area contributed by atoms with Crippen molar-refractivity contribution in [1.82, 2.24) is 0 Å². The molecule has 0 unspecified atom stereocenters. The van der Waals surface area contributed by atoms with Crippen LogP contribution in [0, 0.1) is 10.1 Å². The summed E-state index contributed by atoms with van der Waals surface area (Å²) < 4.78 is 26.7. The number of halogens is 1. The summed E-state index contributed by atoms with van der Waals surface area (Å²) >= 11 is 0. The molecule has 0 spiro atoms. The number of nitro groups is 1. The Morgan fingerprint density at radius 1 is 1.29 bits per heavy atom. The molecule has 0 aliphatic heterocycles. The van der Waals surface area contributed by atoms with Gasteiger partial charge in [-0.25, -0.2) is 4.39 Å². The number of hydrogen-bond acceptors (Lipinski definition) is 5. The molecule has 0 fully saturated rings. The van der Waals surface area contributed by atoms with Gasteiger partial charge in [0.15, 0.2) is 0 Å². The van der Waals surface area contributed by atoms with Crippen LogP contribution in [0.15, 0.2) is 12.1 Å². The van der Waals surface area contributed by atoms with Crippen molar-refractivity contribution in [2.45, 2.75) is 0 Å². The summed E-state index contributed by atoms with van der Waals surface area (Å²) in [5, 5.41) is 10.8. The van der Waals surface area contributed by atoms with E-state index in [4.69, 9.17) is 14.2 Å². The molecule has 0 aromatic heterocycles. The first-order valence-electron chi connectivity index (χ1n) is 4.73. The lowest BCUT2D eigenvalue weighted by atomic mass is 10.2. The number of methoxy groups -OCH3 is 2. The zero-order valence-corrected chi connectivity index (χ0v) is 9.44. The molecule has 1 rings (SSSR count). The maximum atomic E-state index is 12.0. The smallest absolute Gasteiger partial charge is 0.352 e. The summed E-state index contributed by atoms with van der Waals surface area (Å²) in [5.41, 5.74) is -0.289. The van der Waals surface area contributed by atoms with Gasteiger partial charge in [-0.05, 0) is 0 Å². The molecule has 1 aromatic rings. The third-order valence-electron chi connectivity index (χ3n) is 1.98. The molecule has 0 atom stereocenters. The third kappa shape index (κ3) is 2.96. The molecular weight excluding hydrogens is 233 g/mol. The summed E-state index contributed by atoms with van der Waals surface area (Å²) in [6.45, 7) is -0.786. The first-order valence-corrected chi connectivity index (χ1v) is 4.73. The Morgan fingerprint density at radius 3 is 2.18 bits per heavy atom. The van der Waals surface area contributed by atoms with Gasteiger partial charge in [-0.1, -0.05) is 0 Å². The molecule has 0 radical (unpaired) electrons. The molecule has 0 aliphatic carbocycles.